The molecule has 0 aromatic carbocycles. The van der Waals surface area contributed by atoms with Crippen LogP contribution in [0.5, 0.6) is 0 Å². The first-order valence-corrected chi connectivity index (χ1v) is 4.49. The van der Waals surface area contributed by atoms with Crippen molar-refractivity contribution in [1.82, 2.24) is 0 Å². The second-order valence-corrected chi connectivity index (χ2v) is 3.62. The van der Waals surface area contributed by atoms with Crippen molar-refractivity contribution < 1.29 is 19.4 Å². The number of rotatable bonds is 1. The van der Waals surface area contributed by atoms with E-state index in [9.17, 15) is 14.7 Å². The lowest BCUT2D eigenvalue weighted by molar-refractivity contribution is -0.147. The Morgan fingerprint density at radius 1 is 1.57 bits per heavy atom. The highest BCUT2D eigenvalue weighted by Crippen LogP contribution is 2.31. The molecule has 0 radical (unpaired) electrons. The molecule has 78 valence electrons. The van der Waals surface area contributed by atoms with Crippen molar-refractivity contribution in [3.63, 3.8) is 0 Å². The highest BCUT2D eigenvalue weighted by Gasteiger charge is 2.37. The zero-order valence-corrected chi connectivity index (χ0v) is 8.53. The maximum Gasteiger partial charge on any atom is 0.316 e. The van der Waals surface area contributed by atoms with Gasteiger partial charge in [-0.1, -0.05) is 6.92 Å². The molecule has 14 heavy (non-hydrogen) atoms. The molecular formula is C10H14O4. The minimum Gasteiger partial charge on any atom is -0.511 e. The molecular weight excluding hydrogens is 184 g/mol. The van der Waals surface area contributed by atoms with E-state index < -0.39 is 11.9 Å². The molecule has 2 unspecified atom stereocenters. The van der Waals surface area contributed by atoms with E-state index in [0.717, 1.165) is 0 Å². The van der Waals surface area contributed by atoms with Crippen LogP contribution in [0.15, 0.2) is 11.3 Å². The van der Waals surface area contributed by atoms with Crippen molar-refractivity contribution >= 4 is 11.8 Å². The van der Waals surface area contributed by atoms with Gasteiger partial charge in [-0.15, -0.1) is 0 Å². The number of hydrogen-bond acceptors (Lipinski definition) is 4. The number of methoxy groups -OCH3 is 1. The maximum absolute atomic E-state index is 11.3. The van der Waals surface area contributed by atoms with E-state index in [1.54, 1.807) is 6.92 Å². The van der Waals surface area contributed by atoms with E-state index in [0.29, 0.717) is 0 Å². The van der Waals surface area contributed by atoms with Crippen LogP contribution in [0.25, 0.3) is 0 Å². The Labute approximate surface area is 82.6 Å². The molecule has 1 aliphatic rings. The van der Waals surface area contributed by atoms with Gasteiger partial charge in [-0.2, -0.15) is 0 Å². The van der Waals surface area contributed by atoms with Gasteiger partial charge in [0.15, 0.2) is 5.78 Å². The molecule has 4 nitrogen and oxygen atoms in total. The van der Waals surface area contributed by atoms with Crippen LogP contribution in [-0.2, 0) is 14.3 Å². The van der Waals surface area contributed by atoms with Gasteiger partial charge in [-0.3, -0.25) is 9.59 Å². The van der Waals surface area contributed by atoms with Crippen molar-refractivity contribution in [2.45, 2.75) is 20.3 Å². The van der Waals surface area contributed by atoms with E-state index >= 15 is 0 Å². The van der Waals surface area contributed by atoms with Gasteiger partial charge >= 0.3 is 5.97 Å². The average Bonchev–Trinajstić information content (AvgIpc) is 2.14. The van der Waals surface area contributed by atoms with Crippen molar-refractivity contribution in [2.24, 2.45) is 11.8 Å². The number of allylic oxidation sites excluding steroid dienone is 1. The molecule has 0 fully saturated rings. The molecule has 0 amide bonds. The summed E-state index contributed by atoms with van der Waals surface area (Å²) >= 11 is 0. The highest BCUT2D eigenvalue weighted by molar-refractivity contribution is 5.98. The highest BCUT2D eigenvalue weighted by atomic mass is 16.5. The van der Waals surface area contributed by atoms with Crippen molar-refractivity contribution in [3.8, 4) is 0 Å². The molecule has 0 heterocycles. The third-order valence-electron chi connectivity index (χ3n) is 2.63. The molecule has 0 spiro atoms. The molecule has 0 saturated carbocycles. The molecule has 0 saturated heterocycles. The maximum atomic E-state index is 11.3. The van der Waals surface area contributed by atoms with Crippen LogP contribution in [0.2, 0.25) is 0 Å². The first-order valence-electron chi connectivity index (χ1n) is 4.49. The predicted octanol–water partition coefficient (Wildman–Crippen LogP) is 1.22. The molecule has 1 aliphatic carbocycles. The summed E-state index contributed by atoms with van der Waals surface area (Å²) in [6.45, 7) is 3.28. The van der Waals surface area contributed by atoms with E-state index in [1.807, 2.05) is 0 Å². The van der Waals surface area contributed by atoms with E-state index in [1.165, 1.54) is 14.0 Å². The zero-order chi connectivity index (χ0) is 10.9. The van der Waals surface area contributed by atoms with Gasteiger partial charge in [0, 0.05) is 12.0 Å². The number of aliphatic hydroxyl groups excluding tert-OH is 1. The summed E-state index contributed by atoms with van der Waals surface area (Å²) < 4.78 is 4.57. The standard InChI is InChI=1S/C10H14O4/c1-5-4-7(11)6(2)9(12)8(5)10(13)14-3/h5,8,12H,4H2,1-3H3. The van der Waals surface area contributed by atoms with Crippen LogP contribution in [0.3, 0.4) is 0 Å². The van der Waals surface area contributed by atoms with Gasteiger partial charge in [0.1, 0.15) is 11.7 Å². The summed E-state index contributed by atoms with van der Waals surface area (Å²) in [5, 5.41) is 9.64. The lowest BCUT2D eigenvalue weighted by Crippen LogP contribution is -2.32. The topological polar surface area (TPSA) is 63.6 Å². The third kappa shape index (κ3) is 1.64. The minimum absolute atomic E-state index is 0.102. The summed E-state index contributed by atoms with van der Waals surface area (Å²) in [5.41, 5.74) is 0.276. The Balaban J connectivity index is 3.05. The van der Waals surface area contributed by atoms with Gasteiger partial charge in [0.25, 0.3) is 0 Å². The lowest BCUT2D eigenvalue weighted by atomic mass is 9.80. The lowest BCUT2D eigenvalue weighted by Gasteiger charge is -2.26. The zero-order valence-electron chi connectivity index (χ0n) is 8.53. The molecule has 4 heteroatoms. The molecule has 0 aromatic rings. The first-order chi connectivity index (χ1) is 6.49. The Morgan fingerprint density at radius 3 is 2.64 bits per heavy atom. The predicted molar refractivity (Wildman–Crippen MR) is 49.6 cm³/mol. The largest absolute Gasteiger partial charge is 0.511 e. The fourth-order valence-corrected chi connectivity index (χ4v) is 1.68. The third-order valence-corrected chi connectivity index (χ3v) is 2.63. The van der Waals surface area contributed by atoms with Crippen molar-refractivity contribution in [1.29, 1.82) is 0 Å². The molecule has 1 rings (SSSR count). The Hall–Kier alpha value is -1.32. The molecule has 0 aliphatic heterocycles. The second kappa shape index (κ2) is 3.82. The quantitative estimate of drug-likeness (QED) is 0.643. The fourth-order valence-electron chi connectivity index (χ4n) is 1.68. The number of aliphatic hydroxyl groups is 1. The number of ketones is 1. The Morgan fingerprint density at radius 2 is 2.14 bits per heavy atom. The van der Waals surface area contributed by atoms with Gasteiger partial charge < -0.3 is 9.84 Å². The molecule has 1 N–H and O–H groups in total. The average molecular weight is 198 g/mol. The van der Waals surface area contributed by atoms with Crippen molar-refractivity contribution in [2.75, 3.05) is 7.11 Å². The summed E-state index contributed by atoms with van der Waals surface area (Å²) in [7, 11) is 1.27. The second-order valence-electron chi connectivity index (χ2n) is 3.62. The fraction of sp³-hybridized carbons (Fsp3) is 0.600. The SMILES string of the molecule is COC(=O)C1C(O)=C(C)C(=O)CC1C. The summed E-state index contributed by atoms with van der Waals surface area (Å²) in [6, 6.07) is 0. The number of Topliss-reactive ketones (excluding diaryl/α,β-unsaturated/α-hetero) is 1. The van der Waals surface area contributed by atoms with Crippen LogP contribution in [-0.4, -0.2) is 24.0 Å². The smallest absolute Gasteiger partial charge is 0.316 e. The Bertz CT molecular complexity index is 303. The number of ether oxygens (including phenoxy) is 1. The monoisotopic (exact) mass is 198 g/mol. The minimum atomic E-state index is -0.683. The summed E-state index contributed by atoms with van der Waals surface area (Å²) in [6.07, 6.45) is 0.287. The molecule has 0 bridgehead atoms. The summed E-state index contributed by atoms with van der Waals surface area (Å²) in [5.74, 6) is -1.60. The summed E-state index contributed by atoms with van der Waals surface area (Å²) in [4.78, 5) is 22.6. The van der Waals surface area contributed by atoms with E-state index in [-0.39, 0.29) is 29.5 Å². The first kappa shape index (κ1) is 10.8. The van der Waals surface area contributed by atoms with E-state index in [2.05, 4.69) is 4.74 Å². The van der Waals surface area contributed by atoms with E-state index in [4.69, 9.17) is 0 Å². The van der Waals surface area contributed by atoms with Gasteiger partial charge in [0.2, 0.25) is 0 Å². The molecule has 2 atom stereocenters. The van der Waals surface area contributed by atoms with Crippen LogP contribution in [0.1, 0.15) is 20.3 Å². The number of carbonyl (C=O) groups excluding carboxylic acids is 2. The van der Waals surface area contributed by atoms with Gasteiger partial charge in [-0.05, 0) is 12.8 Å². The number of esters is 1. The van der Waals surface area contributed by atoms with Crippen LogP contribution in [0.4, 0.5) is 0 Å². The Kier molecular flexibility index (Phi) is 2.93. The van der Waals surface area contributed by atoms with Crippen LogP contribution >= 0.6 is 0 Å². The van der Waals surface area contributed by atoms with Gasteiger partial charge in [-0.25, -0.2) is 0 Å². The molecule has 0 aromatic heterocycles. The van der Waals surface area contributed by atoms with Gasteiger partial charge in [0.05, 0.1) is 7.11 Å². The van der Waals surface area contributed by atoms with Crippen LogP contribution in [0, 0.1) is 11.8 Å². The normalized spacial score (nSPS) is 27.8. The van der Waals surface area contributed by atoms with Crippen LogP contribution < -0.4 is 0 Å². The van der Waals surface area contributed by atoms with Crippen molar-refractivity contribution in [3.05, 3.63) is 11.3 Å². The number of carbonyl (C=O) groups is 2. The number of hydrogen-bond donors (Lipinski definition) is 1.